The Balaban J connectivity index is 2.01. The summed E-state index contributed by atoms with van der Waals surface area (Å²) >= 11 is 0. The van der Waals surface area contributed by atoms with Gasteiger partial charge in [-0.05, 0) is 29.7 Å². The van der Waals surface area contributed by atoms with Crippen LogP contribution in [-0.2, 0) is 10.0 Å². The second kappa shape index (κ2) is 5.11. The fourth-order valence-electron chi connectivity index (χ4n) is 3.23. The van der Waals surface area contributed by atoms with Gasteiger partial charge in [0.15, 0.2) is 0 Å². The molecule has 0 bridgehead atoms. The molecule has 2 aromatic carbocycles. The van der Waals surface area contributed by atoms with Crippen LogP contribution in [0.1, 0.15) is 33.1 Å². The van der Waals surface area contributed by atoms with Gasteiger partial charge in [-0.3, -0.25) is 0 Å². The van der Waals surface area contributed by atoms with Crippen LogP contribution in [0.4, 0.5) is 0 Å². The molecule has 0 aliphatic heterocycles. The Morgan fingerprint density at radius 1 is 1.10 bits per heavy atom. The maximum atomic E-state index is 12.8. The molecular formula is C17H21NO2S. The SMILES string of the molecule is CC1(C)CCCC1NS(=O)(=O)c1cccc2ccccc12. The molecule has 21 heavy (non-hydrogen) atoms. The van der Waals surface area contributed by atoms with Crippen molar-refractivity contribution >= 4 is 20.8 Å². The third-order valence-corrected chi connectivity index (χ3v) is 6.12. The summed E-state index contributed by atoms with van der Waals surface area (Å²) in [5.41, 5.74) is 0.0255. The molecule has 0 spiro atoms. The van der Waals surface area contributed by atoms with E-state index in [0.29, 0.717) is 4.90 Å². The van der Waals surface area contributed by atoms with Crippen molar-refractivity contribution in [1.82, 2.24) is 4.72 Å². The number of sulfonamides is 1. The van der Waals surface area contributed by atoms with Crippen LogP contribution in [-0.4, -0.2) is 14.5 Å². The average molecular weight is 303 g/mol. The van der Waals surface area contributed by atoms with Gasteiger partial charge < -0.3 is 0 Å². The zero-order valence-electron chi connectivity index (χ0n) is 12.5. The van der Waals surface area contributed by atoms with Gasteiger partial charge in [0.1, 0.15) is 0 Å². The Kier molecular flexibility index (Phi) is 3.54. The Bertz CT molecular complexity index is 760. The van der Waals surface area contributed by atoms with Gasteiger partial charge in [-0.1, -0.05) is 56.7 Å². The van der Waals surface area contributed by atoms with Crippen molar-refractivity contribution in [2.75, 3.05) is 0 Å². The minimum Gasteiger partial charge on any atom is -0.208 e. The van der Waals surface area contributed by atoms with Crippen LogP contribution in [0.3, 0.4) is 0 Å². The van der Waals surface area contributed by atoms with Crippen LogP contribution < -0.4 is 4.72 Å². The first-order valence-electron chi connectivity index (χ1n) is 7.40. The van der Waals surface area contributed by atoms with Gasteiger partial charge in [0, 0.05) is 11.4 Å². The highest BCUT2D eigenvalue weighted by Crippen LogP contribution is 2.38. The van der Waals surface area contributed by atoms with Crippen LogP contribution in [0.5, 0.6) is 0 Å². The molecule has 0 radical (unpaired) electrons. The van der Waals surface area contributed by atoms with E-state index in [1.54, 1.807) is 12.1 Å². The van der Waals surface area contributed by atoms with Crippen molar-refractivity contribution < 1.29 is 8.42 Å². The molecule has 0 aromatic heterocycles. The molecule has 0 saturated heterocycles. The number of fused-ring (bicyclic) bond motifs is 1. The van der Waals surface area contributed by atoms with Gasteiger partial charge in [0.2, 0.25) is 10.0 Å². The van der Waals surface area contributed by atoms with Crippen molar-refractivity contribution in [3.63, 3.8) is 0 Å². The quantitative estimate of drug-likeness (QED) is 0.940. The second-order valence-electron chi connectivity index (χ2n) is 6.53. The fraction of sp³-hybridized carbons (Fsp3) is 0.412. The van der Waals surface area contributed by atoms with E-state index in [2.05, 4.69) is 18.6 Å². The maximum absolute atomic E-state index is 12.8. The van der Waals surface area contributed by atoms with Crippen molar-refractivity contribution in [1.29, 1.82) is 0 Å². The maximum Gasteiger partial charge on any atom is 0.241 e. The summed E-state index contributed by atoms with van der Waals surface area (Å²) in [7, 11) is -3.49. The largest absolute Gasteiger partial charge is 0.241 e. The number of hydrogen-bond donors (Lipinski definition) is 1. The highest BCUT2D eigenvalue weighted by molar-refractivity contribution is 7.89. The van der Waals surface area contributed by atoms with Crippen LogP contribution in [0, 0.1) is 5.41 Å². The molecular weight excluding hydrogens is 282 g/mol. The zero-order chi connectivity index (χ0) is 15.1. The normalized spacial score (nSPS) is 21.7. The highest BCUT2D eigenvalue weighted by atomic mass is 32.2. The summed E-state index contributed by atoms with van der Waals surface area (Å²) in [6.45, 7) is 4.27. The summed E-state index contributed by atoms with van der Waals surface area (Å²) in [5.74, 6) is 0. The molecule has 3 nitrogen and oxygen atoms in total. The van der Waals surface area contributed by atoms with E-state index < -0.39 is 10.0 Å². The minimum atomic E-state index is -3.49. The highest BCUT2D eigenvalue weighted by Gasteiger charge is 2.37. The molecule has 1 atom stereocenters. The lowest BCUT2D eigenvalue weighted by molar-refractivity contribution is 0.313. The average Bonchev–Trinajstić information content (AvgIpc) is 2.76. The molecule has 1 unspecified atom stereocenters. The van der Waals surface area contributed by atoms with Crippen LogP contribution in [0.2, 0.25) is 0 Å². The summed E-state index contributed by atoms with van der Waals surface area (Å²) in [6, 6.07) is 13.0. The van der Waals surface area contributed by atoms with Crippen LogP contribution in [0.25, 0.3) is 10.8 Å². The number of nitrogens with one attached hydrogen (secondary N) is 1. The van der Waals surface area contributed by atoms with Gasteiger partial charge in [-0.15, -0.1) is 0 Å². The topological polar surface area (TPSA) is 46.2 Å². The van der Waals surface area contributed by atoms with E-state index in [1.807, 2.05) is 30.3 Å². The molecule has 1 N–H and O–H groups in total. The molecule has 2 aromatic rings. The van der Waals surface area contributed by atoms with Gasteiger partial charge in [-0.25, -0.2) is 13.1 Å². The van der Waals surface area contributed by atoms with Gasteiger partial charge >= 0.3 is 0 Å². The van der Waals surface area contributed by atoms with Gasteiger partial charge in [0.05, 0.1) is 4.90 Å². The van der Waals surface area contributed by atoms with E-state index in [1.165, 1.54) is 0 Å². The Hall–Kier alpha value is -1.39. The Morgan fingerprint density at radius 2 is 1.81 bits per heavy atom. The van der Waals surface area contributed by atoms with E-state index in [0.717, 1.165) is 30.0 Å². The molecule has 0 heterocycles. The third kappa shape index (κ3) is 2.70. The standard InChI is InChI=1S/C17H21NO2S/c1-17(2)12-6-11-16(17)18-21(19,20)15-10-5-8-13-7-3-4-9-14(13)15/h3-5,7-10,16,18H,6,11-12H2,1-2H3. The van der Waals surface area contributed by atoms with E-state index in [9.17, 15) is 8.42 Å². The first kappa shape index (κ1) is 14.5. The van der Waals surface area contributed by atoms with Crippen LogP contribution >= 0.6 is 0 Å². The van der Waals surface area contributed by atoms with E-state index in [4.69, 9.17) is 0 Å². The predicted octanol–water partition coefficient (Wildman–Crippen LogP) is 3.70. The van der Waals surface area contributed by atoms with Crippen LogP contribution in [0.15, 0.2) is 47.4 Å². The fourth-order valence-corrected chi connectivity index (χ4v) is 4.90. The molecule has 112 valence electrons. The number of benzene rings is 2. The number of rotatable bonds is 3. The predicted molar refractivity (Wildman–Crippen MR) is 85.7 cm³/mol. The molecule has 1 aliphatic rings. The molecule has 4 heteroatoms. The van der Waals surface area contributed by atoms with E-state index >= 15 is 0 Å². The Morgan fingerprint density at radius 3 is 2.52 bits per heavy atom. The summed E-state index contributed by atoms with van der Waals surface area (Å²) < 4.78 is 28.5. The minimum absolute atomic E-state index is 0.0152. The summed E-state index contributed by atoms with van der Waals surface area (Å²) in [5, 5.41) is 1.73. The molecule has 1 fully saturated rings. The van der Waals surface area contributed by atoms with Crippen molar-refractivity contribution in [3.05, 3.63) is 42.5 Å². The monoisotopic (exact) mass is 303 g/mol. The summed E-state index contributed by atoms with van der Waals surface area (Å²) in [6.07, 6.45) is 3.06. The lowest BCUT2D eigenvalue weighted by Crippen LogP contribution is -2.41. The Labute approximate surface area is 126 Å². The van der Waals surface area contributed by atoms with Crippen molar-refractivity contribution in [2.45, 2.75) is 44.0 Å². The molecule has 3 rings (SSSR count). The summed E-state index contributed by atoms with van der Waals surface area (Å²) in [4.78, 5) is 0.378. The first-order chi connectivity index (χ1) is 9.90. The molecule has 1 aliphatic carbocycles. The first-order valence-corrected chi connectivity index (χ1v) is 8.89. The van der Waals surface area contributed by atoms with Crippen molar-refractivity contribution in [2.24, 2.45) is 5.41 Å². The zero-order valence-corrected chi connectivity index (χ0v) is 13.3. The third-order valence-electron chi connectivity index (χ3n) is 4.59. The lowest BCUT2D eigenvalue weighted by Gasteiger charge is -2.27. The smallest absolute Gasteiger partial charge is 0.208 e. The lowest BCUT2D eigenvalue weighted by atomic mass is 9.88. The number of hydrogen-bond acceptors (Lipinski definition) is 2. The van der Waals surface area contributed by atoms with Crippen molar-refractivity contribution in [3.8, 4) is 0 Å². The van der Waals surface area contributed by atoms with E-state index in [-0.39, 0.29) is 11.5 Å². The van der Waals surface area contributed by atoms with Gasteiger partial charge in [0.25, 0.3) is 0 Å². The molecule has 0 amide bonds. The van der Waals surface area contributed by atoms with Gasteiger partial charge in [-0.2, -0.15) is 0 Å². The molecule has 1 saturated carbocycles. The second-order valence-corrected chi connectivity index (χ2v) is 8.21.